The van der Waals surface area contributed by atoms with E-state index in [4.69, 9.17) is 5.73 Å². The van der Waals surface area contributed by atoms with Gasteiger partial charge < -0.3 is 16.2 Å². The largest absolute Gasteiger partial charge is 0.396 e. The van der Waals surface area contributed by atoms with E-state index in [0.29, 0.717) is 19.0 Å². The van der Waals surface area contributed by atoms with Crippen molar-refractivity contribution < 1.29 is 9.90 Å². The van der Waals surface area contributed by atoms with Gasteiger partial charge in [-0.25, -0.2) is 0 Å². The molecular formula is C15H30N2O2. The number of amides is 1. The third kappa shape index (κ3) is 5.11. The summed E-state index contributed by atoms with van der Waals surface area (Å²) in [6, 6.07) is 0. The molecule has 1 aliphatic carbocycles. The van der Waals surface area contributed by atoms with Crippen molar-refractivity contribution in [3.8, 4) is 0 Å². The zero-order valence-electron chi connectivity index (χ0n) is 12.5. The monoisotopic (exact) mass is 270 g/mol. The van der Waals surface area contributed by atoms with Gasteiger partial charge in [-0.05, 0) is 25.2 Å². The van der Waals surface area contributed by atoms with Gasteiger partial charge in [-0.15, -0.1) is 0 Å². The Hall–Kier alpha value is -0.610. The standard InChI is InChI=1S/C15H30N2O2/c1-12(2)8-13(9-16)14(19)17-10-15(11-18)6-4-3-5-7-15/h12-13,18H,3-11,16H2,1-2H3,(H,17,19). The summed E-state index contributed by atoms with van der Waals surface area (Å²) < 4.78 is 0. The second-order valence-electron chi connectivity index (χ2n) is 6.50. The van der Waals surface area contributed by atoms with Crippen LogP contribution < -0.4 is 11.1 Å². The summed E-state index contributed by atoms with van der Waals surface area (Å²) >= 11 is 0. The Balaban J connectivity index is 2.46. The summed E-state index contributed by atoms with van der Waals surface area (Å²) in [6.07, 6.45) is 6.41. The molecule has 0 radical (unpaired) electrons. The predicted molar refractivity (Wildman–Crippen MR) is 77.6 cm³/mol. The van der Waals surface area contributed by atoms with Crippen LogP contribution in [0.3, 0.4) is 0 Å². The second-order valence-corrected chi connectivity index (χ2v) is 6.50. The number of hydrogen-bond donors (Lipinski definition) is 3. The molecule has 0 aromatic rings. The number of hydrogen-bond acceptors (Lipinski definition) is 3. The first-order valence-corrected chi connectivity index (χ1v) is 7.61. The van der Waals surface area contributed by atoms with Crippen LogP contribution in [0.5, 0.6) is 0 Å². The van der Waals surface area contributed by atoms with Gasteiger partial charge in [-0.3, -0.25) is 4.79 Å². The van der Waals surface area contributed by atoms with Gasteiger partial charge >= 0.3 is 0 Å². The molecule has 4 nitrogen and oxygen atoms in total. The molecule has 1 saturated carbocycles. The first kappa shape index (κ1) is 16.4. The van der Waals surface area contributed by atoms with E-state index in [9.17, 15) is 9.90 Å². The van der Waals surface area contributed by atoms with E-state index in [1.165, 1.54) is 6.42 Å². The molecule has 0 aliphatic heterocycles. The molecular weight excluding hydrogens is 240 g/mol. The van der Waals surface area contributed by atoms with Gasteiger partial charge in [0, 0.05) is 18.5 Å². The molecule has 0 aromatic heterocycles. The van der Waals surface area contributed by atoms with Crippen molar-refractivity contribution in [3.05, 3.63) is 0 Å². The van der Waals surface area contributed by atoms with Crippen molar-refractivity contribution >= 4 is 5.91 Å². The SMILES string of the molecule is CC(C)CC(CN)C(=O)NCC1(CO)CCCCC1. The number of carbonyl (C=O) groups is 1. The van der Waals surface area contributed by atoms with E-state index < -0.39 is 0 Å². The summed E-state index contributed by atoms with van der Waals surface area (Å²) in [5, 5.41) is 12.6. The van der Waals surface area contributed by atoms with Crippen molar-refractivity contribution in [3.63, 3.8) is 0 Å². The maximum absolute atomic E-state index is 12.1. The van der Waals surface area contributed by atoms with Crippen LogP contribution in [0.1, 0.15) is 52.4 Å². The number of nitrogens with one attached hydrogen (secondary N) is 1. The minimum absolute atomic E-state index is 0.0506. The Morgan fingerprint density at radius 3 is 2.42 bits per heavy atom. The lowest BCUT2D eigenvalue weighted by atomic mass is 9.74. The van der Waals surface area contributed by atoms with Crippen molar-refractivity contribution in [2.75, 3.05) is 19.7 Å². The van der Waals surface area contributed by atoms with Crippen LogP contribution in [-0.4, -0.2) is 30.7 Å². The van der Waals surface area contributed by atoms with Gasteiger partial charge in [0.05, 0.1) is 12.5 Å². The first-order valence-electron chi connectivity index (χ1n) is 7.61. The third-order valence-corrected chi connectivity index (χ3v) is 4.30. The van der Waals surface area contributed by atoms with Gasteiger partial charge in [-0.1, -0.05) is 33.1 Å². The molecule has 4 N–H and O–H groups in total. The van der Waals surface area contributed by atoms with E-state index >= 15 is 0 Å². The molecule has 1 unspecified atom stereocenters. The maximum atomic E-state index is 12.1. The fraction of sp³-hybridized carbons (Fsp3) is 0.933. The summed E-state index contributed by atoms with van der Waals surface area (Å²) in [6.45, 7) is 5.37. The van der Waals surface area contributed by atoms with Gasteiger partial charge in [0.2, 0.25) is 5.91 Å². The highest BCUT2D eigenvalue weighted by Crippen LogP contribution is 2.35. The van der Waals surface area contributed by atoms with Gasteiger partial charge in [0.1, 0.15) is 0 Å². The number of nitrogens with two attached hydrogens (primary N) is 1. The lowest BCUT2D eigenvalue weighted by Crippen LogP contribution is -2.44. The molecule has 1 aliphatic rings. The fourth-order valence-corrected chi connectivity index (χ4v) is 2.99. The van der Waals surface area contributed by atoms with Crippen LogP contribution in [0, 0.1) is 17.3 Å². The summed E-state index contributed by atoms with van der Waals surface area (Å²) in [7, 11) is 0. The van der Waals surface area contributed by atoms with Gasteiger partial charge in [-0.2, -0.15) is 0 Å². The highest BCUT2D eigenvalue weighted by Gasteiger charge is 2.32. The molecule has 0 heterocycles. The molecule has 0 saturated heterocycles. The Kier molecular flexibility index (Phi) is 6.80. The predicted octanol–water partition coefficient (Wildman–Crippen LogP) is 1.67. The summed E-state index contributed by atoms with van der Waals surface area (Å²) in [5.74, 6) is 0.426. The van der Waals surface area contributed by atoms with Crippen LogP contribution in [0.15, 0.2) is 0 Å². The molecule has 0 spiro atoms. The van der Waals surface area contributed by atoms with Crippen molar-refractivity contribution in [1.29, 1.82) is 0 Å². The zero-order chi connectivity index (χ0) is 14.3. The van der Waals surface area contributed by atoms with Crippen LogP contribution in [0.2, 0.25) is 0 Å². The zero-order valence-corrected chi connectivity index (χ0v) is 12.5. The quantitative estimate of drug-likeness (QED) is 0.658. The van der Waals surface area contributed by atoms with E-state index in [2.05, 4.69) is 19.2 Å². The second kappa shape index (κ2) is 7.85. The maximum Gasteiger partial charge on any atom is 0.224 e. The number of aliphatic hydroxyl groups is 1. The van der Waals surface area contributed by atoms with Crippen LogP contribution in [-0.2, 0) is 4.79 Å². The van der Waals surface area contributed by atoms with E-state index in [1.54, 1.807) is 0 Å². The minimum Gasteiger partial charge on any atom is -0.396 e. The number of rotatable bonds is 7. The average molecular weight is 270 g/mol. The number of carbonyl (C=O) groups excluding carboxylic acids is 1. The molecule has 19 heavy (non-hydrogen) atoms. The lowest BCUT2D eigenvalue weighted by Gasteiger charge is -2.36. The van der Waals surface area contributed by atoms with Crippen LogP contribution in [0.4, 0.5) is 0 Å². The van der Waals surface area contributed by atoms with E-state index in [1.807, 2.05) is 0 Å². The molecule has 1 rings (SSSR count). The summed E-state index contributed by atoms with van der Waals surface area (Å²) in [4.78, 5) is 12.1. The molecule has 4 heteroatoms. The molecule has 112 valence electrons. The Labute approximate surface area is 117 Å². The fourth-order valence-electron chi connectivity index (χ4n) is 2.99. The smallest absolute Gasteiger partial charge is 0.224 e. The average Bonchev–Trinajstić information content (AvgIpc) is 2.43. The molecule has 0 aromatic carbocycles. The molecule has 1 atom stereocenters. The van der Waals surface area contributed by atoms with E-state index in [-0.39, 0.29) is 23.8 Å². The van der Waals surface area contributed by atoms with Crippen LogP contribution >= 0.6 is 0 Å². The van der Waals surface area contributed by atoms with Crippen molar-refractivity contribution in [2.45, 2.75) is 52.4 Å². The highest BCUT2D eigenvalue weighted by molar-refractivity contribution is 5.78. The normalized spacial score (nSPS) is 20.3. The van der Waals surface area contributed by atoms with Gasteiger partial charge in [0.25, 0.3) is 0 Å². The molecule has 1 amide bonds. The lowest BCUT2D eigenvalue weighted by molar-refractivity contribution is -0.126. The van der Waals surface area contributed by atoms with Crippen molar-refractivity contribution in [2.24, 2.45) is 23.0 Å². The van der Waals surface area contributed by atoms with Gasteiger partial charge in [0.15, 0.2) is 0 Å². The van der Waals surface area contributed by atoms with Crippen molar-refractivity contribution in [1.82, 2.24) is 5.32 Å². The van der Waals surface area contributed by atoms with E-state index in [0.717, 1.165) is 32.1 Å². The number of aliphatic hydroxyl groups excluding tert-OH is 1. The third-order valence-electron chi connectivity index (χ3n) is 4.30. The molecule has 1 fully saturated rings. The summed E-state index contributed by atoms with van der Waals surface area (Å²) in [5.41, 5.74) is 5.59. The minimum atomic E-state index is -0.0978. The Bertz CT molecular complexity index is 273. The first-order chi connectivity index (χ1) is 9.03. The Morgan fingerprint density at radius 2 is 1.95 bits per heavy atom. The highest BCUT2D eigenvalue weighted by atomic mass is 16.3. The molecule has 0 bridgehead atoms. The topological polar surface area (TPSA) is 75.4 Å². The van der Waals surface area contributed by atoms with Crippen LogP contribution in [0.25, 0.3) is 0 Å². The Morgan fingerprint density at radius 1 is 1.32 bits per heavy atom.